The minimum Gasteiger partial charge on any atom is -0.481 e. The first kappa shape index (κ1) is 19.5. The quantitative estimate of drug-likeness (QED) is 0.725. The van der Waals surface area contributed by atoms with E-state index in [1.807, 2.05) is 19.1 Å². The number of fused-ring (bicyclic) bond motifs is 1. The Morgan fingerprint density at radius 2 is 1.81 bits per heavy atom. The Balaban J connectivity index is 1.52. The highest BCUT2D eigenvalue weighted by atomic mass is 16.5. The molecule has 0 bridgehead atoms. The molecule has 0 aromatic heterocycles. The average molecular weight is 366 g/mol. The second kappa shape index (κ2) is 9.59. The predicted molar refractivity (Wildman–Crippen MR) is 110 cm³/mol. The van der Waals surface area contributed by atoms with Crippen LogP contribution in [0.2, 0.25) is 0 Å². The van der Waals surface area contributed by atoms with E-state index in [9.17, 15) is 4.79 Å². The van der Waals surface area contributed by atoms with Gasteiger partial charge < -0.3 is 10.1 Å². The van der Waals surface area contributed by atoms with Crippen LogP contribution >= 0.6 is 0 Å². The molecule has 0 radical (unpaired) electrons. The van der Waals surface area contributed by atoms with Crippen molar-refractivity contribution in [2.75, 3.05) is 0 Å². The summed E-state index contributed by atoms with van der Waals surface area (Å²) in [6.07, 6.45) is 6.90. The third-order valence-corrected chi connectivity index (χ3v) is 5.36. The van der Waals surface area contributed by atoms with E-state index in [1.54, 1.807) is 0 Å². The molecule has 1 aliphatic rings. The number of carbonyl (C=O) groups excluding carboxylic acids is 1. The van der Waals surface area contributed by atoms with Crippen molar-refractivity contribution in [3.05, 3.63) is 65.2 Å². The van der Waals surface area contributed by atoms with Crippen molar-refractivity contribution in [1.82, 2.24) is 5.32 Å². The van der Waals surface area contributed by atoms with E-state index in [0.717, 1.165) is 31.4 Å². The van der Waals surface area contributed by atoms with Crippen LogP contribution < -0.4 is 10.1 Å². The van der Waals surface area contributed by atoms with E-state index >= 15 is 0 Å². The van der Waals surface area contributed by atoms with Crippen molar-refractivity contribution in [3.8, 4) is 5.75 Å². The van der Waals surface area contributed by atoms with Gasteiger partial charge in [-0.2, -0.15) is 0 Å². The summed E-state index contributed by atoms with van der Waals surface area (Å²) in [5.41, 5.74) is 4.11. The van der Waals surface area contributed by atoms with E-state index in [1.165, 1.54) is 29.5 Å². The maximum absolute atomic E-state index is 12.7. The summed E-state index contributed by atoms with van der Waals surface area (Å²) in [5.74, 6) is 0.797. The molecule has 3 heteroatoms. The first-order valence-electron chi connectivity index (χ1n) is 10.3. The van der Waals surface area contributed by atoms with Gasteiger partial charge in [-0.3, -0.25) is 4.79 Å². The number of aryl methyl sites for hydroxylation is 3. The molecule has 0 heterocycles. The summed E-state index contributed by atoms with van der Waals surface area (Å²) in [6.45, 7) is 4.06. The zero-order valence-corrected chi connectivity index (χ0v) is 16.5. The van der Waals surface area contributed by atoms with Gasteiger partial charge in [-0.15, -0.1) is 0 Å². The number of ether oxygens (including phenoxy) is 1. The van der Waals surface area contributed by atoms with Crippen molar-refractivity contribution in [2.24, 2.45) is 0 Å². The maximum atomic E-state index is 12.7. The molecule has 1 amide bonds. The first-order chi connectivity index (χ1) is 13.2. The molecule has 27 heavy (non-hydrogen) atoms. The monoisotopic (exact) mass is 365 g/mol. The van der Waals surface area contributed by atoms with Crippen molar-refractivity contribution in [1.29, 1.82) is 0 Å². The van der Waals surface area contributed by atoms with Crippen molar-refractivity contribution in [2.45, 2.75) is 70.9 Å². The Morgan fingerprint density at radius 1 is 1.07 bits per heavy atom. The van der Waals surface area contributed by atoms with Gasteiger partial charge >= 0.3 is 0 Å². The molecular formula is C24H31NO2. The van der Waals surface area contributed by atoms with E-state index in [2.05, 4.69) is 48.6 Å². The van der Waals surface area contributed by atoms with Gasteiger partial charge in [0.2, 0.25) is 0 Å². The molecule has 2 atom stereocenters. The minimum atomic E-state index is -0.439. The molecule has 3 nitrogen and oxygen atoms in total. The normalized spacial score (nSPS) is 15.5. The van der Waals surface area contributed by atoms with E-state index in [4.69, 9.17) is 4.74 Å². The summed E-state index contributed by atoms with van der Waals surface area (Å²) in [6, 6.07) is 16.8. The second-order valence-corrected chi connectivity index (χ2v) is 7.59. The van der Waals surface area contributed by atoms with Crippen molar-refractivity contribution >= 4 is 5.91 Å². The van der Waals surface area contributed by atoms with Gasteiger partial charge in [0.15, 0.2) is 6.10 Å². The smallest absolute Gasteiger partial charge is 0.261 e. The van der Waals surface area contributed by atoms with Gasteiger partial charge in [-0.25, -0.2) is 0 Å². The molecule has 2 aromatic carbocycles. The van der Waals surface area contributed by atoms with Gasteiger partial charge in [-0.1, -0.05) is 43.3 Å². The van der Waals surface area contributed by atoms with Crippen molar-refractivity contribution in [3.63, 3.8) is 0 Å². The molecule has 0 spiro atoms. The molecule has 0 saturated carbocycles. The van der Waals surface area contributed by atoms with Crippen LogP contribution in [0.1, 0.15) is 56.2 Å². The number of hydrogen-bond acceptors (Lipinski definition) is 2. The number of hydrogen-bond donors (Lipinski definition) is 1. The number of nitrogens with one attached hydrogen (secondary N) is 1. The lowest BCUT2D eigenvalue weighted by Gasteiger charge is -2.22. The van der Waals surface area contributed by atoms with Gasteiger partial charge in [0, 0.05) is 6.04 Å². The highest BCUT2D eigenvalue weighted by molar-refractivity contribution is 5.81. The lowest BCUT2D eigenvalue weighted by atomic mass is 9.92. The molecular weight excluding hydrogens is 334 g/mol. The van der Waals surface area contributed by atoms with Crippen molar-refractivity contribution < 1.29 is 9.53 Å². The Kier molecular flexibility index (Phi) is 6.92. The maximum Gasteiger partial charge on any atom is 0.261 e. The zero-order chi connectivity index (χ0) is 19.1. The van der Waals surface area contributed by atoms with Gasteiger partial charge in [0.1, 0.15) is 5.75 Å². The van der Waals surface area contributed by atoms with Crippen LogP contribution in [-0.2, 0) is 24.1 Å². The summed E-state index contributed by atoms with van der Waals surface area (Å²) in [7, 11) is 0. The lowest BCUT2D eigenvalue weighted by molar-refractivity contribution is -0.128. The SMILES string of the molecule is CC[C@H](Oc1ccc2c(c1)CCCC2)C(=O)N[C@H](C)CCc1ccccc1. The Hall–Kier alpha value is -2.29. The molecule has 2 aromatic rings. The largest absolute Gasteiger partial charge is 0.481 e. The summed E-state index contributed by atoms with van der Waals surface area (Å²) in [4.78, 5) is 12.7. The number of amides is 1. The zero-order valence-electron chi connectivity index (χ0n) is 16.5. The fourth-order valence-corrected chi connectivity index (χ4v) is 3.71. The number of carbonyl (C=O) groups is 1. The summed E-state index contributed by atoms with van der Waals surface area (Å²) >= 11 is 0. The summed E-state index contributed by atoms with van der Waals surface area (Å²) in [5, 5.41) is 3.12. The predicted octanol–water partition coefficient (Wildman–Crippen LogP) is 4.86. The van der Waals surface area contributed by atoms with Crippen LogP contribution in [0.4, 0.5) is 0 Å². The van der Waals surface area contributed by atoms with Gasteiger partial charge in [0.25, 0.3) is 5.91 Å². The highest BCUT2D eigenvalue weighted by Gasteiger charge is 2.21. The second-order valence-electron chi connectivity index (χ2n) is 7.59. The van der Waals surface area contributed by atoms with Crippen LogP contribution in [0.25, 0.3) is 0 Å². The fourth-order valence-electron chi connectivity index (χ4n) is 3.71. The Labute approximate surface area is 163 Å². The lowest BCUT2D eigenvalue weighted by Crippen LogP contribution is -2.42. The Morgan fingerprint density at radius 3 is 2.56 bits per heavy atom. The molecule has 0 saturated heterocycles. The van der Waals surface area contributed by atoms with Crippen LogP contribution in [0.15, 0.2) is 48.5 Å². The van der Waals surface area contributed by atoms with Crippen LogP contribution in [-0.4, -0.2) is 18.1 Å². The molecule has 1 N–H and O–H groups in total. The Bertz CT molecular complexity index is 741. The standard InChI is InChI=1S/C24H31NO2/c1-3-23(27-22-16-15-20-11-7-8-12-21(20)17-22)24(26)25-18(2)13-14-19-9-5-4-6-10-19/h4-6,9-10,15-18,23H,3,7-8,11-14H2,1-2H3,(H,25,26)/t18-,23+/m1/s1. The summed E-state index contributed by atoms with van der Waals surface area (Å²) < 4.78 is 6.04. The van der Waals surface area contributed by atoms with Crippen LogP contribution in [0.3, 0.4) is 0 Å². The van der Waals surface area contributed by atoms with Crippen LogP contribution in [0, 0.1) is 0 Å². The molecule has 3 rings (SSSR count). The number of benzene rings is 2. The van der Waals surface area contributed by atoms with E-state index < -0.39 is 6.10 Å². The molecule has 144 valence electrons. The molecule has 1 aliphatic carbocycles. The van der Waals surface area contributed by atoms with E-state index in [-0.39, 0.29) is 11.9 Å². The topological polar surface area (TPSA) is 38.3 Å². The van der Waals surface area contributed by atoms with Crippen LogP contribution in [0.5, 0.6) is 5.75 Å². The third kappa shape index (κ3) is 5.59. The van der Waals surface area contributed by atoms with Gasteiger partial charge in [0.05, 0.1) is 0 Å². The molecule has 0 unspecified atom stereocenters. The fraction of sp³-hybridized carbons (Fsp3) is 0.458. The third-order valence-electron chi connectivity index (χ3n) is 5.36. The highest BCUT2D eigenvalue weighted by Crippen LogP contribution is 2.26. The first-order valence-corrected chi connectivity index (χ1v) is 10.3. The molecule has 0 fully saturated rings. The van der Waals surface area contributed by atoms with Gasteiger partial charge in [-0.05, 0) is 80.7 Å². The average Bonchev–Trinajstić information content (AvgIpc) is 2.71. The minimum absolute atomic E-state index is 0.0178. The molecule has 0 aliphatic heterocycles. The number of rotatable bonds is 8. The van der Waals surface area contributed by atoms with E-state index in [0.29, 0.717) is 6.42 Å².